The lowest BCUT2D eigenvalue weighted by Gasteiger charge is -2.31. The van der Waals surface area contributed by atoms with Gasteiger partial charge in [-0.15, -0.1) is 0 Å². The van der Waals surface area contributed by atoms with E-state index in [0.29, 0.717) is 18.4 Å². The molecule has 1 aromatic carbocycles. The average molecular weight is 380 g/mol. The van der Waals surface area contributed by atoms with Crippen LogP contribution in [-0.4, -0.2) is 65.9 Å². The van der Waals surface area contributed by atoms with Crippen LogP contribution < -0.4 is 4.90 Å². The van der Waals surface area contributed by atoms with E-state index in [0.717, 1.165) is 31.1 Å². The van der Waals surface area contributed by atoms with E-state index in [1.54, 1.807) is 0 Å². The van der Waals surface area contributed by atoms with Crippen LogP contribution in [0.1, 0.15) is 22.7 Å². The number of anilines is 1. The highest BCUT2D eigenvalue weighted by atomic mass is 16.2. The van der Waals surface area contributed by atoms with Crippen molar-refractivity contribution in [2.75, 3.05) is 45.2 Å². The van der Waals surface area contributed by atoms with Gasteiger partial charge in [-0.2, -0.15) is 0 Å². The van der Waals surface area contributed by atoms with Crippen LogP contribution in [0, 0.1) is 25.7 Å². The summed E-state index contributed by atoms with van der Waals surface area (Å²) in [5.74, 6) is 1.86. The molecule has 2 aliphatic rings. The lowest BCUT2D eigenvalue weighted by Crippen LogP contribution is -2.40. The number of aromatic nitrogens is 2. The molecule has 2 fully saturated rings. The first kappa shape index (κ1) is 18.9. The fourth-order valence-corrected chi connectivity index (χ4v) is 4.69. The van der Waals surface area contributed by atoms with Crippen molar-refractivity contribution in [3.8, 4) is 0 Å². The monoisotopic (exact) mass is 379 g/mol. The minimum atomic E-state index is 0.120. The third-order valence-electron chi connectivity index (χ3n) is 5.99. The summed E-state index contributed by atoms with van der Waals surface area (Å²) < 4.78 is 0. The van der Waals surface area contributed by atoms with Crippen LogP contribution in [0.5, 0.6) is 0 Å². The largest absolute Gasteiger partial charge is 0.340 e. The summed E-state index contributed by atoms with van der Waals surface area (Å²) in [6.45, 7) is 7.20. The Morgan fingerprint density at radius 3 is 2.50 bits per heavy atom. The van der Waals surface area contributed by atoms with Gasteiger partial charge in [0.1, 0.15) is 0 Å². The van der Waals surface area contributed by atoms with Crippen LogP contribution in [-0.2, 0) is 4.79 Å². The Balaban J connectivity index is 1.63. The molecule has 3 atom stereocenters. The van der Waals surface area contributed by atoms with Gasteiger partial charge in [-0.1, -0.05) is 24.3 Å². The quantitative estimate of drug-likeness (QED) is 0.816. The van der Waals surface area contributed by atoms with E-state index in [4.69, 9.17) is 0 Å². The smallest absolute Gasteiger partial charge is 0.237 e. The van der Waals surface area contributed by atoms with Crippen molar-refractivity contribution in [2.45, 2.75) is 19.9 Å². The van der Waals surface area contributed by atoms with Crippen molar-refractivity contribution in [2.24, 2.45) is 11.8 Å². The Labute approximate surface area is 167 Å². The molecular formula is C22H29N5O. The number of rotatable bonds is 4. The second kappa shape index (κ2) is 7.51. The number of likely N-dealkylation sites (N-methyl/N-ethyl adjacent to an activating group) is 1. The summed E-state index contributed by atoms with van der Waals surface area (Å²) in [7, 11) is 3.90. The van der Waals surface area contributed by atoms with Crippen molar-refractivity contribution in [3.05, 3.63) is 53.3 Å². The molecule has 4 rings (SSSR count). The molecule has 148 valence electrons. The highest BCUT2D eigenvalue weighted by Gasteiger charge is 2.49. The molecule has 0 aliphatic carbocycles. The summed E-state index contributed by atoms with van der Waals surface area (Å²) in [6, 6.07) is 8.60. The standard InChI is InChI=1S/C22H29N5O/c1-15-9-23-22(24-10-15)26-11-17-12-27(20(28)14-25(3)4)21(19(17)13-26)18-8-6-5-7-16(18)2/h5-10,17,19,21H,11-14H2,1-4H3/t17-,19-,21+/m1/s1. The maximum absolute atomic E-state index is 13.0. The normalized spacial score (nSPS) is 24.1. The predicted octanol–water partition coefficient (Wildman–Crippen LogP) is 2.29. The van der Waals surface area contributed by atoms with Gasteiger partial charge in [-0.3, -0.25) is 4.79 Å². The molecule has 0 unspecified atom stereocenters. The first-order chi connectivity index (χ1) is 13.4. The molecule has 6 nitrogen and oxygen atoms in total. The molecule has 6 heteroatoms. The van der Waals surface area contributed by atoms with Crippen LogP contribution in [0.3, 0.4) is 0 Å². The molecule has 2 saturated heterocycles. The van der Waals surface area contributed by atoms with Gasteiger partial charge < -0.3 is 14.7 Å². The number of fused-ring (bicyclic) bond motifs is 1. The third kappa shape index (κ3) is 3.49. The lowest BCUT2D eigenvalue weighted by atomic mass is 9.87. The Kier molecular flexibility index (Phi) is 5.06. The Bertz CT molecular complexity index is 850. The number of carbonyl (C=O) groups excluding carboxylic acids is 1. The van der Waals surface area contributed by atoms with Gasteiger partial charge in [0, 0.05) is 43.9 Å². The predicted molar refractivity (Wildman–Crippen MR) is 110 cm³/mol. The van der Waals surface area contributed by atoms with E-state index in [9.17, 15) is 4.79 Å². The number of hydrogen-bond acceptors (Lipinski definition) is 5. The SMILES string of the molecule is Cc1cnc(N2C[C@@H]3CN(C(=O)CN(C)C)[C@@H](c4ccccc4C)[C@@H]3C2)nc1. The van der Waals surface area contributed by atoms with Crippen LogP contribution in [0.25, 0.3) is 0 Å². The van der Waals surface area contributed by atoms with Gasteiger partial charge in [-0.05, 0) is 44.6 Å². The minimum Gasteiger partial charge on any atom is -0.340 e. The Morgan fingerprint density at radius 2 is 1.82 bits per heavy atom. The number of aryl methyl sites for hydroxylation is 2. The van der Waals surface area contributed by atoms with Gasteiger partial charge in [0.2, 0.25) is 11.9 Å². The molecule has 0 spiro atoms. The van der Waals surface area contributed by atoms with Crippen molar-refractivity contribution in [3.63, 3.8) is 0 Å². The Hall–Kier alpha value is -2.47. The van der Waals surface area contributed by atoms with Crippen LogP contribution in [0.4, 0.5) is 5.95 Å². The summed E-state index contributed by atoms with van der Waals surface area (Å²) >= 11 is 0. The zero-order chi connectivity index (χ0) is 19.8. The second-order valence-corrected chi connectivity index (χ2v) is 8.47. The fourth-order valence-electron chi connectivity index (χ4n) is 4.69. The van der Waals surface area contributed by atoms with Gasteiger partial charge in [-0.25, -0.2) is 9.97 Å². The van der Waals surface area contributed by atoms with Gasteiger partial charge in [0.05, 0.1) is 12.6 Å². The van der Waals surface area contributed by atoms with Gasteiger partial charge >= 0.3 is 0 Å². The topological polar surface area (TPSA) is 52.6 Å². The van der Waals surface area contributed by atoms with Crippen molar-refractivity contribution in [1.82, 2.24) is 19.8 Å². The summed E-state index contributed by atoms with van der Waals surface area (Å²) in [5, 5.41) is 0. The van der Waals surface area contributed by atoms with Gasteiger partial charge in [0.25, 0.3) is 0 Å². The molecular weight excluding hydrogens is 350 g/mol. The zero-order valence-corrected chi connectivity index (χ0v) is 17.2. The van der Waals surface area contributed by atoms with Crippen LogP contribution in [0.2, 0.25) is 0 Å². The van der Waals surface area contributed by atoms with Crippen LogP contribution >= 0.6 is 0 Å². The van der Waals surface area contributed by atoms with E-state index in [2.05, 4.69) is 51.0 Å². The minimum absolute atomic E-state index is 0.120. The molecule has 0 N–H and O–H groups in total. The summed E-state index contributed by atoms with van der Waals surface area (Å²) in [4.78, 5) is 28.4. The van der Waals surface area contributed by atoms with Crippen molar-refractivity contribution < 1.29 is 4.79 Å². The molecule has 2 aromatic rings. The number of hydrogen-bond donors (Lipinski definition) is 0. The first-order valence-electron chi connectivity index (χ1n) is 9.97. The van der Waals surface area contributed by atoms with E-state index in [-0.39, 0.29) is 11.9 Å². The highest BCUT2D eigenvalue weighted by molar-refractivity contribution is 5.79. The third-order valence-corrected chi connectivity index (χ3v) is 5.99. The van der Waals surface area contributed by atoms with E-state index in [1.165, 1.54) is 11.1 Å². The van der Waals surface area contributed by atoms with E-state index < -0.39 is 0 Å². The summed E-state index contributed by atoms with van der Waals surface area (Å²) in [6.07, 6.45) is 3.75. The molecule has 0 saturated carbocycles. The highest BCUT2D eigenvalue weighted by Crippen LogP contribution is 2.46. The Morgan fingerprint density at radius 1 is 1.11 bits per heavy atom. The second-order valence-electron chi connectivity index (χ2n) is 8.47. The average Bonchev–Trinajstić information content (AvgIpc) is 3.20. The molecule has 2 aliphatic heterocycles. The molecule has 0 radical (unpaired) electrons. The molecule has 0 bridgehead atoms. The summed E-state index contributed by atoms with van der Waals surface area (Å²) in [5.41, 5.74) is 3.59. The maximum atomic E-state index is 13.0. The molecule has 1 aromatic heterocycles. The van der Waals surface area contributed by atoms with Crippen molar-refractivity contribution >= 4 is 11.9 Å². The molecule has 28 heavy (non-hydrogen) atoms. The number of amides is 1. The fraction of sp³-hybridized carbons (Fsp3) is 0.500. The van der Waals surface area contributed by atoms with E-state index in [1.807, 2.05) is 38.3 Å². The maximum Gasteiger partial charge on any atom is 0.237 e. The first-order valence-corrected chi connectivity index (χ1v) is 9.97. The number of carbonyl (C=O) groups is 1. The number of nitrogens with zero attached hydrogens (tertiary/aromatic N) is 5. The molecule has 1 amide bonds. The van der Waals surface area contributed by atoms with Crippen LogP contribution in [0.15, 0.2) is 36.7 Å². The van der Waals surface area contributed by atoms with Crippen molar-refractivity contribution in [1.29, 1.82) is 0 Å². The van der Waals surface area contributed by atoms with E-state index >= 15 is 0 Å². The zero-order valence-electron chi connectivity index (χ0n) is 17.2. The molecule has 3 heterocycles. The number of benzene rings is 1. The van der Waals surface area contributed by atoms with Gasteiger partial charge in [0.15, 0.2) is 0 Å². The number of likely N-dealkylation sites (tertiary alicyclic amines) is 1. The lowest BCUT2D eigenvalue weighted by molar-refractivity contribution is -0.133.